The molecule has 0 aliphatic carbocycles. The Labute approximate surface area is 188 Å². The van der Waals surface area contributed by atoms with Crippen molar-refractivity contribution in [2.75, 3.05) is 19.5 Å². The van der Waals surface area contributed by atoms with Gasteiger partial charge in [0, 0.05) is 29.0 Å². The number of benzene rings is 1. The summed E-state index contributed by atoms with van der Waals surface area (Å²) in [5, 5.41) is 4.10. The van der Waals surface area contributed by atoms with E-state index in [9.17, 15) is 4.79 Å². The summed E-state index contributed by atoms with van der Waals surface area (Å²) < 4.78 is 12.0. The minimum absolute atomic E-state index is 0.154. The largest absolute Gasteiger partial charge is 0.481 e. The van der Waals surface area contributed by atoms with Gasteiger partial charge in [0.1, 0.15) is 0 Å². The van der Waals surface area contributed by atoms with E-state index in [4.69, 9.17) is 32.7 Å². The molecule has 1 N–H and O–H groups in total. The number of pyridine rings is 1. The number of ether oxygens (including phenoxy) is 2. The second kappa shape index (κ2) is 10.1. The number of nitrogens with zero attached hydrogens (tertiary/aromatic N) is 3. The summed E-state index contributed by atoms with van der Waals surface area (Å²) in [6, 6.07) is 8.67. The zero-order valence-corrected chi connectivity index (χ0v) is 18.9. The van der Waals surface area contributed by atoms with Crippen LogP contribution in [0.2, 0.25) is 10.0 Å². The van der Waals surface area contributed by atoms with Crippen LogP contribution >= 0.6 is 35.0 Å². The van der Waals surface area contributed by atoms with Crippen molar-refractivity contribution in [2.45, 2.75) is 24.1 Å². The van der Waals surface area contributed by atoms with E-state index >= 15 is 0 Å². The first-order valence-electron chi connectivity index (χ1n) is 8.99. The van der Waals surface area contributed by atoms with E-state index in [0.717, 1.165) is 5.56 Å². The van der Waals surface area contributed by atoms with E-state index in [2.05, 4.69) is 15.3 Å². The maximum Gasteiger partial charge on any atom is 0.268 e. The van der Waals surface area contributed by atoms with Crippen LogP contribution in [0.3, 0.4) is 0 Å². The summed E-state index contributed by atoms with van der Waals surface area (Å²) in [5.41, 5.74) is 1.27. The van der Waals surface area contributed by atoms with Gasteiger partial charge in [0.15, 0.2) is 0 Å². The third-order valence-electron chi connectivity index (χ3n) is 4.21. The van der Waals surface area contributed by atoms with Crippen LogP contribution in [0.1, 0.15) is 12.5 Å². The minimum atomic E-state index is -0.154. The van der Waals surface area contributed by atoms with Gasteiger partial charge in [0.2, 0.25) is 17.7 Å². The average molecular weight is 467 g/mol. The fourth-order valence-electron chi connectivity index (χ4n) is 2.69. The number of nitrogens with one attached hydrogen (secondary N) is 1. The second-order valence-electron chi connectivity index (χ2n) is 6.06. The Morgan fingerprint density at radius 2 is 1.97 bits per heavy atom. The number of aromatic nitrogens is 3. The molecule has 2 heterocycles. The standard InChI is InChI=1S/C20H20Cl2N4O3S/c1-4-26-19(27)16(30-11-12-5-8-17(28-2)25-18(12)29-3)10-23-20(26)24-15-9-13(21)6-7-14(15)22/h5-10H,4,11H2,1-3H3,(H,23,24). The fourth-order valence-corrected chi connectivity index (χ4v) is 3.92. The van der Waals surface area contributed by atoms with Crippen LogP contribution in [0, 0.1) is 0 Å². The molecule has 0 spiro atoms. The lowest BCUT2D eigenvalue weighted by Gasteiger charge is -2.14. The molecule has 0 saturated carbocycles. The molecular weight excluding hydrogens is 447 g/mol. The van der Waals surface area contributed by atoms with Gasteiger partial charge in [-0.05, 0) is 31.2 Å². The predicted molar refractivity (Wildman–Crippen MR) is 121 cm³/mol. The van der Waals surface area contributed by atoms with E-state index < -0.39 is 0 Å². The summed E-state index contributed by atoms with van der Waals surface area (Å²) in [5.74, 6) is 1.80. The van der Waals surface area contributed by atoms with Gasteiger partial charge in [-0.15, -0.1) is 11.8 Å². The second-order valence-corrected chi connectivity index (χ2v) is 7.92. The van der Waals surface area contributed by atoms with E-state index in [1.165, 1.54) is 11.8 Å². The van der Waals surface area contributed by atoms with Crippen molar-refractivity contribution in [1.29, 1.82) is 0 Å². The van der Waals surface area contributed by atoms with Gasteiger partial charge in [0.25, 0.3) is 5.56 Å². The Bertz CT molecular complexity index is 1110. The van der Waals surface area contributed by atoms with Crippen LogP contribution < -0.4 is 20.3 Å². The molecule has 0 fully saturated rings. The molecule has 3 aromatic rings. The monoisotopic (exact) mass is 466 g/mol. The summed E-state index contributed by atoms with van der Waals surface area (Å²) in [6.45, 7) is 2.31. The van der Waals surface area contributed by atoms with Crippen LogP contribution in [0.15, 0.2) is 46.2 Å². The maximum absolute atomic E-state index is 13.0. The summed E-state index contributed by atoms with van der Waals surface area (Å²) in [4.78, 5) is 22.2. The zero-order chi connectivity index (χ0) is 21.7. The third kappa shape index (κ3) is 5.00. The number of methoxy groups -OCH3 is 2. The highest BCUT2D eigenvalue weighted by atomic mass is 35.5. The number of hydrogen-bond acceptors (Lipinski definition) is 7. The molecule has 0 bridgehead atoms. The molecule has 158 valence electrons. The minimum Gasteiger partial charge on any atom is -0.481 e. The first-order valence-corrected chi connectivity index (χ1v) is 10.7. The van der Waals surface area contributed by atoms with Crippen molar-refractivity contribution in [1.82, 2.24) is 14.5 Å². The highest BCUT2D eigenvalue weighted by molar-refractivity contribution is 7.98. The number of halogens is 2. The molecule has 2 aromatic heterocycles. The van der Waals surface area contributed by atoms with Crippen LogP contribution in [-0.2, 0) is 12.3 Å². The van der Waals surface area contributed by atoms with E-state index in [0.29, 0.717) is 50.6 Å². The molecule has 0 radical (unpaired) electrons. The van der Waals surface area contributed by atoms with Crippen molar-refractivity contribution in [3.63, 3.8) is 0 Å². The molecule has 1 aromatic carbocycles. The molecule has 0 unspecified atom stereocenters. The first-order chi connectivity index (χ1) is 14.5. The average Bonchev–Trinajstić information content (AvgIpc) is 2.75. The lowest BCUT2D eigenvalue weighted by Crippen LogP contribution is -2.24. The SMILES string of the molecule is CCn1c(Nc2cc(Cl)ccc2Cl)ncc(SCc2ccc(OC)nc2OC)c1=O. The predicted octanol–water partition coefficient (Wildman–Crippen LogP) is 5.02. The van der Waals surface area contributed by atoms with Crippen LogP contribution in [0.25, 0.3) is 0 Å². The molecule has 7 nitrogen and oxygen atoms in total. The Morgan fingerprint density at radius 3 is 2.67 bits per heavy atom. The molecule has 0 amide bonds. The Kier molecular flexibility index (Phi) is 7.47. The van der Waals surface area contributed by atoms with Gasteiger partial charge in [-0.25, -0.2) is 4.98 Å². The number of thioether (sulfide) groups is 1. The van der Waals surface area contributed by atoms with Crippen LogP contribution in [0.4, 0.5) is 11.6 Å². The molecule has 0 aliphatic rings. The summed E-state index contributed by atoms with van der Waals surface area (Å²) >= 11 is 13.6. The van der Waals surface area contributed by atoms with Crippen LogP contribution in [-0.4, -0.2) is 28.8 Å². The molecule has 30 heavy (non-hydrogen) atoms. The van der Waals surface area contributed by atoms with Gasteiger partial charge in [-0.1, -0.05) is 23.2 Å². The van der Waals surface area contributed by atoms with E-state index in [1.54, 1.807) is 49.2 Å². The molecule has 0 saturated heterocycles. The zero-order valence-electron chi connectivity index (χ0n) is 16.6. The maximum atomic E-state index is 13.0. The van der Waals surface area contributed by atoms with Crippen molar-refractivity contribution >= 4 is 46.6 Å². The molecule has 3 rings (SSSR count). The topological polar surface area (TPSA) is 78.3 Å². The van der Waals surface area contributed by atoms with E-state index in [1.807, 2.05) is 13.0 Å². The summed E-state index contributed by atoms with van der Waals surface area (Å²) in [6.07, 6.45) is 1.55. The smallest absolute Gasteiger partial charge is 0.268 e. The Balaban J connectivity index is 1.84. The molecule has 0 atom stereocenters. The number of rotatable bonds is 8. The Morgan fingerprint density at radius 1 is 1.17 bits per heavy atom. The van der Waals surface area contributed by atoms with Crippen molar-refractivity contribution < 1.29 is 9.47 Å². The first kappa shape index (κ1) is 22.3. The van der Waals surface area contributed by atoms with Gasteiger partial charge >= 0.3 is 0 Å². The van der Waals surface area contributed by atoms with Gasteiger partial charge in [0.05, 0.1) is 36.0 Å². The molecule has 10 heteroatoms. The summed E-state index contributed by atoms with van der Waals surface area (Å²) in [7, 11) is 3.09. The normalized spacial score (nSPS) is 10.7. The van der Waals surface area contributed by atoms with Gasteiger partial charge in [-0.3, -0.25) is 9.36 Å². The highest BCUT2D eigenvalue weighted by Gasteiger charge is 2.14. The Hall–Kier alpha value is -2.42. The van der Waals surface area contributed by atoms with Crippen molar-refractivity contribution in [3.8, 4) is 11.8 Å². The quantitative estimate of drug-likeness (QED) is 0.466. The highest BCUT2D eigenvalue weighted by Crippen LogP contribution is 2.29. The lowest BCUT2D eigenvalue weighted by molar-refractivity contribution is 0.362. The third-order valence-corrected chi connectivity index (χ3v) is 5.82. The molecular formula is C20H20Cl2N4O3S. The van der Waals surface area contributed by atoms with E-state index in [-0.39, 0.29) is 5.56 Å². The molecule has 0 aliphatic heterocycles. The van der Waals surface area contributed by atoms with Gasteiger partial charge < -0.3 is 14.8 Å². The van der Waals surface area contributed by atoms with Crippen molar-refractivity contribution in [3.05, 3.63) is 62.5 Å². The fraction of sp³-hybridized carbons (Fsp3) is 0.250. The lowest BCUT2D eigenvalue weighted by atomic mass is 10.3. The number of anilines is 2. The van der Waals surface area contributed by atoms with Crippen molar-refractivity contribution in [2.24, 2.45) is 0 Å². The van der Waals surface area contributed by atoms with Gasteiger partial charge in [-0.2, -0.15) is 4.98 Å². The van der Waals surface area contributed by atoms with Crippen LogP contribution in [0.5, 0.6) is 11.8 Å². The number of hydrogen-bond donors (Lipinski definition) is 1.